The van der Waals surface area contributed by atoms with E-state index in [4.69, 9.17) is 0 Å². The number of alkyl halides is 6. The highest BCUT2D eigenvalue weighted by molar-refractivity contribution is 5.71. The summed E-state index contributed by atoms with van der Waals surface area (Å²) in [5.74, 6) is -2.85. The Morgan fingerprint density at radius 3 is 2.28 bits per heavy atom. The molecule has 1 aromatic carbocycles. The largest absolute Gasteiger partial charge is 0.573 e. The first-order valence-electron chi connectivity index (χ1n) is 6.54. The molecule has 0 aliphatic rings. The summed E-state index contributed by atoms with van der Waals surface area (Å²) >= 11 is 0. The maximum atomic E-state index is 12.9. The van der Waals surface area contributed by atoms with Crippen molar-refractivity contribution < 1.29 is 36.2 Å². The van der Waals surface area contributed by atoms with Gasteiger partial charge in [0, 0.05) is 23.4 Å². The second-order valence-electron chi connectivity index (χ2n) is 4.87. The summed E-state index contributed by atoms with van der Waals surface area (Å²) in [6.07, 6.45) is -8.74. The van der Waals surface area contributed by atoms with Gasteiger partial charge in [-0.2, -0.15) is 13.2 Å². The minimum atomic E-state index is -4.96. The van der Waals surface area contributed by atoms with Gasteiger partial charge in [-0.05, 0) is 24.3 Å². The molecule has 1 radical (unpaired) electrons. The zero-order chi connectivity index (χ0) is 18.4. The molecule has 0 atom stereocenters. The maximum absolute atomic E-state index is 12.9. The number of nitrogens with zero attached hydrogens (tertiary/aromatic N) is 3. The Bertz CT molecular complexity index is 932. The summed E-state index contributed by atoms with van der Waals surface area (Å²) < 4.78 is 79.3. The molecule has 0 aliphatic heterocycles. The van der Waals surface area contributed by atoms with Crippen LogP contribution in [0.2, 0.25) is 0 Å². The molecule has 2 aromatic heterocycles. The molecular weight excluding hydrogens is 356 g/mol. The predicted molar refractivity (Wildman–Crippen MR) is 70.2 cm³/mol. The number of fused-ring (bicyclic) bond motifs is 1. The molecule has 0 spiro atoms. The summed E-state index contributed by atoms with van der Waals surface area (Å²) in [6.45, 7) is 0. The highest BCUT2D eigenvalue weighted by Crippen LogP contribution is 2.36. The Kier molecular flexibility index (Phi) is 3.73. The van der Waals surface area contributed by atoms with E-state index < -0.39 is 29.9 Å². The lowest BCUT2D eigenvalue weighted by atomic mass is 10.1. The van der Waals surface area contributed by atoms with Gasteiger partial charge in [0.25, 0.3) is 0 Å². The van der Waals surface area contributed by atoms with Gasteiger partial charge in [-0.15, -0.1) is 23.4 Å². The highest BCUT2D eigenvalue weighted by atomic mass is 19.4. The van der Waals surface area contributed by atoms with Crippen molar-refractivity contribution in [3.8, 4) is 22.6 Å². The molecule has 0 bridgehead atoms. The van der Waals surface area contributed by atoms with E-state index in [-0.39, 0.29) is 16.8 Å². The molecule has 0 saturated carbocycles. The van der Waals surface area contributed by atoms with Crippen molar-refractivity contribution in [2.24, 2.45) is 0 Å². The number of halogens is 6. The molecule has 25 heavy (non-hydrogen) atoms. The summed E-state index contributed by atoms with van der Waals surface area (Å²) in [5.41, 5.74) is -0.139. The summed E-state index contributed by atoms with van der Waals surface area (Å²) in [6, 6.07) is 5.04. The van der Waals surface area contributed by atoms with Crippen molar-refractivity contribution in [1.82, 2.24) is 14.6 Å². The molecule has 3 aromatic rings. The first kappa shape index (κ1) is 16.9. The maximum Gasteiger partial charge on any atom is 0.573 e. The Morgan fingerprint density at radius 2 is 1.68 bits per heavy atom. The third-order valence-electron chi connectivity index (χ3n) is 3.15. The zero-order valence-electron chi connectivity index (χ0n) is 11.9. The lowest BCUT2D eigenvalue weighted by Crippen LogP contribution is -2.16. The lowest BCUT2D eigenvalue weighted by molar-refractivity contribution is -0.274. The van der Waals surface area contributed by atoms with E-state index in [1.807, 2.05) is 0 Å². The van der Waals surface area contributed by atoms with E-state index in [0.29, 0.717) is 10.5 Å². The van der Waals surface area contributed by atoms with Crippen molar-refractivity contribution in [3.05, 3.63) is 42.4 Å². The smallest absolute Gasteiger partial charge is 0.406 e. The fourth-order valence-corrected chi connectivity index (χ4v) is 2.18. The number of rotatable bonds is 2. The topological polar surface area (TPSA) is 59.3 Å². The predicted octanol–water partition coefficient (Wildman–Crippen LogP) is 4.46. The van der Waals surface area contributed by atoms with E-state index in [2.05, 4.69) is 14.9 Å². The first-order chi connectivity index (χ1) is 11.5. The normalized spacial score (nSPS) is 12.6. The van der Waals surface area contributed by atoms with Crippen molar-refractivity contribution in [3.63, 3.8) is 0 Å². The van der Waals surface area contributed by atoms with Crippen molar-refractivity contribution in [2.45, 2.75) is 12.5 Å². The number of hydrogen-bond acceptors (Lipinski definition) is 3. The SMILES string of the molecule is [O]c1cc(OC(F)(F)F)ccc1-c1ccc2nnc(C(F)(F)F)n2c1. The van der Waals surface area contributed by atoms with Crippen LogP contribution in [0, 0.1) is 0 Å². The van der Waals surface area contributed by atoms with Crippen molar-refractivity contribution in [2.75, 3.05) is 0 Å². The summed E-state index contributed by atoms with van der Waals surface area (Å²) in [7, 11) is 0. The quantitative estimate of drug-likeness (QED) is 0.633. The summed E-state index contributed by atoms with van der Waals surface area (Å²) in [4.78, 5) is 0. The first-order valence-corrected chi connectivity index (χ1v) is 6.54. The molecule has 5 nitrogen and oxygen atoms in total. The van der Waals surface area contributed by atoms with Crippen LogP contribution in [0.5, 0.6) is 11.5 Å². The number of pyridine rings is 1. The van der Waals surface area contributed by atoms with Crippen LogP contribution in [0.3, 0.4) is 0 Å². The zero-order valence-corrected chi connectivity index (χ0v) is 11.9. The third kappa shape index (κ3) is 3.44. The summed E-state index contributed by atoms with van der Waals surface area (Å²) in [5, 5.41) is 18.4. The average Bonchev–Trinajstić information content (AvgIpc) is 2.88. The van der Waals surface area contributed by atoms with Gasteiger partial charge >= 0.3 is 12.5 Å². The average molecular weight is 362 g/mol. The molecule has 0 fully saturated rings. The van der Waals surface area contributed by atoms with Gasteiger partial charge in [0.05, 0.1) is 0 Å². The molecule has 0 saturated heterocycles. The third-order valence-corrected chi connectivity index (χ3v) is 3.15. The number of ether oxygens (including phenoxy) is 1. The van der Waals surface area contributed by atoms with E-state index >= 15 is 0 Å². The van der Waals surface area contributed by atoms with Crippen LogP contribution in [0.15, 0.2) is 36.5 Å². The van der Waals surface area contributed by atoms with Crippen molar-refractivity contribution in [1.29, 1.82) is 0 Å². The van der Waals surface area contributed by atoms with Crippen LogP contribution in [0.4, 0.5) is 26.3 Å². The van der Waals surface area contributed by atoms with Gasteiger partial charge in [-0.25, -0.2) is 0 Å². The lowest BCUT2D eigenvalue weighted by Gasteiger charge is -2.10. The second kappa shape index (κ2) is 5.53. The van der Waals surface area contributed by atoms with Crippen LogP contribution in [-0.2, 0) is 11.3 Å². The van der Waals surface area contributed by atoms with Crippen molar-refractivity contribution >= 4 is 5.65 Å². The fourth-order valence-electron chi connectivity index (χ4n) is 2.18. The Labute approximate surface area is 135 Å². The molecule has 2 heterocycles. The standard InChI is InChI=1S/C14H6F6N3O2/c15-13(16,17)12-22-21-11-4-1-7(6-23(11)12)9-3-2-8(5-10(9)24)25-14(18,19)20/h1-6H. The Balaban J connectivity index is 2.04. The molecule has 0 N–H and O–H groups in total. The Morgan fingerprint density at radius 1 is 0.960 bits per heavy atom. The number of benzene rings is 1. The van der Waals surface area contributed by atoms with Gasteiger partial charge in [0.15, 0.2) is 11.4 Å². The van der Waals surface area contributed by atoms with E-state index in [0.717, 1.165) is 18.3 Å². The fraction of sp³-hybridized carbons (Fsp3) is 0.143. The molecule has 0 aliphatic carbocycles. The molecular formula is C14H6F6N3O2. The molecule has 0 amide bonds. The molecule has 11 heteroatoms. The minimum Gasteiger partial charge on any atom is -0.406 e. The molecule has 131 valence electrons. The van der Waals surface area contributed by atoms with E-state index in [1.54, 1.807) is 0 Å². The van der Waals surface area contributed by atoms with Gasteiger partial charge in [0.1, 0.15) is 5.75 Å². The van der Waals surface area contributed by atoms with Crippen LogP contribution < -0.4 is 4.74 Å². The molecule has 0 unspecified atom stereocenters. The number of aromatic nitrogens is 3. The second-order valence-corrected chi connectivity index (χ2v) is 4.87. The van der Waals surface area contributed by atoms with Gasteiger partial charge in [-0.3, -0.25) is 9.51 Å². The van der Waals surface area contributed by atoms with E-state index in [1.165, 1.54) is 12.1 Å². The van der Waals surface area contributed by atoms with Crippen LogP contribution in [-0.4, -0.2) is 21.0 Å². The monoisotopic (exact) mass is 362 g/mol. The number of hydrogen-bond donors (Lipinski definition) is 0. The van der Waals surface area contributed by atoms with Crippen LogP contribution >= 0.6 is 0 Å². The van der Waals surface area contributed by atoms with Gasteiger partial charge in [0.2, 0.25) is 5.82 Å². The van der Waals surface area contributed by atoms with Gasteiger partial charge in [-0.1, -0.05) is 0 Å². The highest BCUT2D eigenvalue weighted by Gasteiger charge is 2.37. The van der Waals surface area contributed by atoms with Crippen LogP contribution in [0.1, 0.15) is 5.82 Å². The van der Waals surface area contributed by atoms with Crippen LogP contribution in [0.25, 0.3) is 16.8 Å². The van der Waals surface area contributed by atoms with E-state index in [9.17, 15) is 31.4 Å². The molecule has 3 rings (SSSR count). The Hall–Kier alpha value is -2.98. The minimum absolute atomic E-state index is 0.0568. The van der Waals surface area contributed by atoms with Gasteiger partial charge < -0.3 is 4.74 Å².